The summed E-state index contributed by atoms with van der Waals surface area (Å²) in [7, 11) is 3.71. The summed E-state index contributed by atoms with van der Waals surface area (Å²) in [6.45, 7) is 18.4. The van der Waals surface area contributed by atoms with Crippen molar-refractivity contribution in [1.82, 2.24) is 15.0 Å². The quantitative estimate of drug-likeness (QED) is 0.137. The van der Waals surface area contributed by atoms with Gasteiger partial charge in [0.1, 0.15) is 5.69 Å². The Labute approximate surface area is 298 Å². The van der Waals surface area contributed by atoms with E-state index in [-0.39, 0.29) is 27.8 Å². The summed E-state index contributed by atoms with van der Waals surface area (Å²) in [5.74, 6) is 0. The summed E-state index contributed by atoms with van der Waals surface area (Å²) in [6, 6.07) is 29.4. The zero-order valence-corrected chi connectivity index (χ0v) is 32.1. The van der Waals surface area contributed by atoms with Crippen molar-refractivity contribution in [2.75, 3.05) is 14.1 Å². The normalized spacial score (nSPS) is 12.0. The SMILES string of the molecule is C[N-]C(C)CC(C)[N-]C.Cc1cc(C)c(B(c2cccc(-c3cn(Cc4ccccc4)nn3)c2)c2c(C)cc(C)cc2C)c(C)c1.[Pt+2]. The van der Waals surface area contributed by atoms with Crippen LogP contribution in [0.4, 0.5) is 0 Å². The van der Waals surface area contributed by atoms with E-state index in [4.69, 9.17) is 0 Å². The predicted octanol–water partition coefficient (Wildman–Crippen LogP) is 7.52. The van der Waals surface area contributed by atoms with Gasteiger partial charge in [0.25, 0.3) is 0 Å². The Balaban J connectivity index is 0.000000528. The first-order valence-corrected chi connectivity index (χ1v) is 16.4. The van der Waals surface area contributed by atoms with Crippen molar-refractivity contribution in [2.45, 2.75) is 80.4 Å². The minimum absolute atomic E-state index is 0. The first kappa shape index (κ1) is 38.1. The third kappa shape index (κ3) is 10.1. The van der Waals surface area contributed by atoms with Crippen LogP contribution in [-0.2, 0) is 27.6 Å². The van der Waals surface area contributed by atoms with Crippen LogP contribution in [0.2, 0.25) is 0 Å². The molecule has 47 heavy (non-hydrogen) atoms. The molecule has 4 aromatic carbocycles. The van der Waals surface area contributed by atoms with Crippen LogP contribution in [0, 0.1) is 41.5 Å². The van der Waals surface area contributed by atoms with Gasteiger partial charge in [-0.25, -0.2) is 4.68 Å². The predicted molar refractivity (Wildman–Crippen MR) is 199 cm³/mol. The Morgan fingerprint density at radius 3 is 1.68 bits per heavy atom. The van der Waals surface area contributed by atoms with Crippen molar-refractivity contribution >= 4 is 23.1 Å². The number of nitrogens with zero attached hydrogens (tertiary/aromatic N) is 5. The van der Waals surface area contributed by atoms with Gasteiger partial charge in [0.15, 0.2) is 0 Å². The molecule has 7 heteroatoms. The largest absolute Gasteiger partial charge is 2.00 e. The third-order valence-electron chi connectivity index (χ3n) is 8.86. The first-order chi connectivity index (χ1) is 22.0. The Kier molecular flexibility index (Phi) is 14.4. The van der Waals surface area contributed by atoms with E-state index in [1.165, 1.54) is 55.3 Å². The molecule has 5 nitrogen and oxygen atoms in total. The van der Waals surface area contributed by atoms with Crippen LogP contribution < -0.4 is 16.4 Å². The van der Waals surface area contributed by atoms with Crippen molar-refractivity contribution in [3.05, 3.63) is 135 Å². The van der Waals surface area contributed by atoms with E-state index in [1.807, 2.05) is 31.0 Å². The average Bonchev–Trinajstić information content (AvgIpc) is 3.48. The zero-order valence-electron chi connectivity index (χ0n) is 29.8. The van der Waals surface area contributed by atoms with Crippen LogP contribution in [0.3, 0.4) is 0 Å². The molecule has 1 heterocycles. The van der Waals surface area contributed by atoms with E-state index >= 15 is 0 Å². The Morgan fingerprint density at radius 1 is 0.681 bits per heavy atom. The first-order valence-electron chi connectivity index (χ1n) is 16.4. The van der Waals surface area contributed by atoms with Crippen molar-refractivity contribution in [3.63, 3.8) is 0 Å². The maximum Gasteiger partial charge on any atom is 2.00 e. The van der Waals surface area contributed by atoms with Crippen molar-refractivity contribution in [2.24, 2.45) is 0 Å². The minimum Gasteiger partial charge on any atom is -0.663 e. The van der Waals surface area contributed by atoms with Gasteiger partial charge in [-0.05, 0) is 47.1 Å². The van der Waals surface area contributed by atoms with E-state index in [2.05, 4.69) is 149 Å². The van der Waals surface area contributed by atoms with Gasteiger partial charge >= 0.3 is 21.1 Å². The summed E-state index contributed by atoms with van der Waals surface area (Å²) >= 11 is 0. The number of hydrogen-bond acceptors (Lipinski definition) is 2. The maximum atomic E-state index is 4.53. The second kappa shape index (κ2) is 17.7. The van der Waals surface area contributed by atoms with Crippen LogP contribution in [0.25, 0.3) is 21.9 Å². The molecule has 0 saturated heterocycles. The molecule has 0 N–H and O–H groups in total. The molecular formula is C40H50BN5Pt. The van der Waals surface area contributed by atoms with Crippen molar-refractivity contribution in [1.29, 1.82) is 0 Å². The molecule has 0 fully saturated rings. The molecule has 0 bridgehead atoms. The van der Waals surface area contributed by atoms with Gasteiger partial charge < -0.3 is 10.6 Å². The van der Waals surface area contributed by atoms with E-state index in [0.717, 1.165) is 17.7 Å². The van der Waals surface area contributed by atoms with E-state index in [0.29, 0.717) is 18.6 Å². The minimum atomic E-state index is 0. The van der Waals surface area contributed by atoms with Gasteiger partial charge in [-0.3, -0.25) is 0 Å². The third-order valence-corrected chi connectivity index (χ3v) is 8.86. The van der Waals surface area contributed by atoms with Gasteiger partial charge in [-0.1, -0.05) is 154 Å². The topological polar surface area (TPSA) is 58.9 Å². The fourth-order valence-electron chi connectivity index (χ4n) is 6.63. The summed E-state index contributed by atoms with van der Waals surface area (Å²) in [5.41, 5.74) is 15.2. The van der Waals surface area contributed by atoms with Gasteiger partial charge in [-0.15, -0.1) is 17.2 Å². The fraction of sp³-hybridized carbons (Fsp3) is 0.350. The molecule has 0 aliphatic carbocycles. The molecule has 0 spiro atoms. The molecule has 0 saturated carbocycles. The number of hydrogen-bond donors (Lipinski definition) is 0. The molecular weight excluding hydrogens is 756 g/mol. The number of aryl methyl sites for hydroxylation is 6. The smallest absolute Gasteiger partial charge is 0.663 e. The summed E-state index contributed by atoms with van der Waals surface area (Å²) in [6.07, 6.45) is 3.12. The van der Waals surface area contributed by atoms with Crippen LogP contribution in [0.5, 0.6) is 0 Å². The molecule has 1 aromatic heterocycles. The van der Waals surface area contributed by atoms with Crippen molar-refractivity contribution < 1.29 is 21.1 Å². The Hall–Kier alpha value is -3.31. The second-order valence-corrected chi connectivity index (χ2v) is 12.9. The Bertz CT molecular complexity index is 1620. The molecule has 0 aliphatic rings. The molecule has 0 amide bonds. The summed E-state index contributed by atoms with van der Waals surface area (Å²) in [4.78, 5) is 0. The van der Waals surface area contributed by atoms with Crippen LogP contribution in [0.15, 0.2) is 85.1 Å². The van der Waals surface area contributed by atoms with E-state index in [1.54, 1.807) is 0 Å². The number of aromatic nitrogens is 3. The van der Waals surface area contributed by atoms with Gasteiger partial charge in [-0.2, -0.15) is 14.1 Å². The van der Waals surface area contributed by atoms with E-state index < -0.39 is 0 Å². The monoisotopic (exact) mass is 806 g/mol. The number of benzene rings is 4. The van der Waals surface area contributed by atoms with Gasteiger partial charge in [0.05, 0.1) is 12.7 Å². The second-order valence-electron chi connectivity index (χ2n) is 12.9. The molecule has 248 valence electrons. The van der Waals surface area contributed by atoms with Crippen LogP contribution >= 0.6 is 0 Å². The molecule has 5 rings (SSSR count). The molecule has 2 atom stereocenters. The van der Waals surface area contributed by atoms with Crippen molar-refractivity contribution in [3.8, 4) is 11.3 Å². The molecule has 0 radical (unpaired) electrons. The van der Waals surface area contributed by atoms with Gasteiger partial charge in [0, 0.05) is 5.56 Å². The average molecular weight is 807 g/mol. The van der Waals surface area contributed by atoms with Gasteiger partial charge in [0.2, 0.25) is 6.71 Å². The fourth-order valence-corrected chi connectivity index (χ4v) is 6.63. The van der Waals surface area contributed by atoms with Crippen LogP contribution in [0.1, 0.15) is 59.2 Å². The summed E-state index contributed by atoms with van der Waals surface area (Å²) in [5, 5.41) is 17.2. The Morgan fingerprint density at radius 2 is 1.19 bits per heavy atom. The van der Waals surface area contributed by atoms with Crippen LogP contribution in [-0.4, -0.2) is 47.9 Å². The molecule has 5 aromatic rings. The van der Waals surface area contributed by atoms with E-state index in [9.17, 15) is 0 Å². The summed E-state index contributed by atoms with van der Waals surface area (Å²) < 4.78 is 1.91. The zero-order chi connectivity index (χ0) is 33.4. The molecule has 0 aliphatic heterocycles. The number of rotatable bonds is 10. The standard InChI is InChI=1S/C33H34BN3.C7H16N2.Pt/c1-22-15-24(3)32(25(4)16-22)34(33-26(5)17-23(2)18-27(33)6)30-14-10-13-29(19-30)31-21-37(36-35-31)20-28-11-8-7-9-12-28;1-6(8-3)5-7(2)9-4;/h7-19,21H,20H2,1-6H3;6-7H,5H2,1-4H3;/q;-2;+2. The maximum absolute atomic E-state index is 4.53. The molecule has 2 unspecified atom stereocenters.